The van der Waals surface area contributed by atoms with Gasteiger partial charge in [0.1, 0.15) is 0 Å². The zero-order valence-corrected chi connectivity index (χ0v) is 16.6. The molecular weight excluding hydrogens is 348 g/mol. The Hall–Kier alpha value is -3.21. The first-order valence-corrected chi connectivity index (χ1v) is 9.54. The number of aryl methyl sites for hydroxylation is 3. The molecule has 1 amide bonds. The predicted octanol–water partition coefficient (Wildman–Crippen LogP) is 4.59. The van der Waals surface area contributed by atoms with Gasteiger partial charge in [-0.05, 0) is 69.5 Å². The van der Waals surface area contributed by atoms with Crippen LogP contribution in [0.1, 0.15) is 40.7 Å². The van der Waals surface area contributed by atoms with Crippen LogP contribution in [0, 0.1) is 13.8 Å². The van der Waals surface area contributed by atoms with Crippen molar-refractivity contribution in [2.45, 2.75) is 39.7 Å². The van der Waals surface area contributed by atoms with E-state index in [2.05, 4.69) is 32.7 Å². The number of hydrogen-bond donors (Lipinski definition) is 2. The lowest BCUT2D eigenvalue weighted by molar-refractivity contribution is 0.0938. The first-order valence-electron chi connectivity index (χ1n) is 9.54. The number of carbonyl (C=O) groups excluding carboxylic acids is 1. The molecule has 2 N–H and O–H groups in total. The van der Waals surface area contributed by atoms with Crippen molar-refractivity contribution in [1.29, 1.82) is 0 Å². The first kappa shape index (κ1) is 19.5. The maximum atomic E-state index is 12.5. The molecule has 0 aliphatic heterocycles. The molecule has 3 aromatic rings. The number of carbonyl (C=O) groups is 1. The van der Waals surface area contributed by atoms with Crippen molar-refractivity contribution in [2.75, 3.05) is 5.32 Å². The van der Waals surface area contributed by atoms with Crippen molar-refractivity contribution in [3.8, 4) is 0 Å². The normalized spacial score (nSPS) is 11.7. The van der Waals surface area contributed by atoms with Crippen LogP contribution in [-0.2, 0) is 6.42 Å². The van der Waals surface area contributed by atoms with Gasteiger partial charge in [0.05, 0.1) is 0 Å². The van der Waals surface area contributed by atoms with E-state index in [-0.39, 0.29) is 11.9 Å². The van der Waals surface area contributed by atoms with Gasteiger partial charge < -0.3 is 10.6 Å². The minimum Gasteiger partial charge on any atom is -0.350 e. The lowest BCUT2D eigenvalue weighted by Gasteiger charge is -2.14. The molecule has 2 aromatic carbocycles. The smallest absolute Gasteiger partial charge is 0.251 e. The molecule has 0 aliphatic rings. The van der Waals surface area contributed by atoms with E-state index in [4.69, 9.17) is 0 Å². The average molecular weight is 374 g/mol. The molecule has 0 bridgehead atoms. The second-order valence-electron chi connectivity index (χ2n) is 7.08. The molecule has 0 spiro atoms. The monoisotopic (exact) mass is 374 g/mol. The molecule has 0 aliphatic carbocycles. The third-order valence-corrected chi connectivity index (χ3v) is 4.47. The van der Waals surface area contributed by atoms with E-state index < -0.39 is 0 Å². The van der Waals surface area contributed by atoms with Crippen LogP contribution in [0.15, 0.2) is 60.7 Å². The van der Waals surface area contributed by atoms with Crippen molar-refractivity contribution < 1.29 is 4.79 Å². The Bertz CT molecular complexity index is 903. The Labute approximate surface area is 166 Å². The number of nitrogens with one attached hydrogen (secondary N) is 2. The molecule has 1 heterocycles. The quantitative estimate of drug-likeness (QED) is 0.635. The Balaban J connectivity index is 1.54. The highest BCUT2D eigenvalue weighted by molar-refractivity contribution is 5.94. The first-order chi connectivity index (χ1) is 13.5. The van der Waals surface area contributed by atoms with Gasteiger partial charge in [-0.3, -0.25) is 4.79 Å². The second-order valence-corrected chi connectivity index (χ2v) is 7.08. The Kier molecular flexibility index (Phi) is 6.37. The molecule has 0 saturated heterocycles. The van der Waals surface area contributed by atoms with Gasteiger partial charge in [0.25, 0.3) is 5.91 Å². The maximum absolute atomic E-state index is 12.5. The Morgan fingerprint density at radius 1 is 0.964 bits per heavy atom. The number of aromatic nitrogens is 2. The minimum absolute atomic E-state index is 0.0604. The zero-order valence-electron chi connectivity index (χ0n) is 16.6. The van der Waals surface area contributed by atoms with Gasteiger partial charge in [-0.15, -0.1) is 0 Å². The summed E-state index contributed by atoms with van der Waals surface area (Å²) in [5.41, 5.74) is 4.59. The van der Waals surface area contributed by atoms with Crippen LogP contribution in [0.2, 0.25) is 0 Å². The summed E-state index contributed by atoms with van der Waals surface area (Å²) in [6, 6.07) is 19.7. The van der Waals surface area contributed by atoms with Crippen LogP contribution < -0.4 is 10.6 Å². The van der Waals surface area contributed by atoms with Crippen LogP contribution in [-0.4, -0.2) is 21.9 Å². The SMILES string of the molecule is Cc1cc(C)nc(Nc2ccc(C(=O)NC(C)CCc3ccccc3)cc2)n1. The molecule has 3 rings (SSSR count). The number of anilines is 2. The van der Waals surface area contributed by atoms with Gasteiger partial charge in [0.15, 0.2) is 0 Å². The largest absolute Gasteiger partial charge is 0.350 e. The molecule has 0 fully saturated rings. The highest BCUT2D eigenvalue weighted by atomic mass is 16.1. The molecule has 1 aromatic heterocycles. The molecule has 144 valence electrons. The Morgan fingerprint density at radius 2 is 1.61 bits per heavy atom. The van der Waals surface area contributed by atoms with Crippen LogP contribution in [0.4, 0.5) is 11.6 Å². The zero-order chi connectivity index (χ0) is 19.9. The lowest BCUT2D eigenvalue weighted by Crippen LogP contribution is -2.32. The van der Waals surface area contributed by atoms with E-state index in [0.29, 0.717) is 11.5 Å². The van der Waals surface area contributed by atoms with Gasteiger partial charge in [0, 0.05) is 28.7 Å². The highest BCUT2D eigenvalue weighted by Gasteiger charge is 2.10. The van der Waals surface area contributed by atoms with Crippen molar-refractivity contribution in [2.24, 2.45) is 0 Å². The summed E-state index contributed by atoms with van der Waals surface area (Å²) in [7, 11) is 0. The summed E-state index contributed by atoms with van der Waals surface area (Å²) in [5, 5.41) is 6.24. The maximum Gasteiger partial charge on any atom is 0.251 e. The molecule has 0 saturated carbocycles. The molecule has 5 heteroatoms. The van der Waals surface area contributed by atoms with Crippen molar-refractivity contribution in [1.82, 2.24) is 15.3 Å². The van der Waals surface area contributed by atoms with Crippen molar-refractivity contribution >= 4 is 17.5 Å². The van der Waals surface area contributed by atoms with Gasteiger partial charge in [-0.25, -0.2) is 9.97 Å². The van der Waals surface area contributed by atoms with Crippen LogP contribution in [0.3, 0.4) is 0 Å². The molecule has 5 nitrogen and oxygen atoms in total. The van der Waals surface area contributed by atoms with Gasteiger partial charge >= 0.3 is 0 Å². The summed E-state index contributed by atoms with van der Waals surface area (Å²) in [4.78, 5) is 21.2. The molecule has 28 heavy (non-hydrogen) atoms. The number of benzene rings is 2. The van der Waals surface area contributed by atoms with Crippen LogP contribution in [0.5, 0.6) is 0 Å². The minimum atomic E-state index is -0.0604. The van der Waals surface area contributed by atoms with E-state index in [9.17, 15) is 4.79 Å². The number of rotatable bonds is 7. The Morgan fingerprint density at radius 3 is 2.25 bits per heavy atom. The third kappa shape index (κ3) is 5.64. The summed E-state index contributed by atoms with van der Waals surface area (Å²) in [5.74, 6) is 0.499. The van der Waals surface area contributed by atoms with E-state index in [1.165, 1.54) is 5.56 Å². The van der Waals surface area contributed by atoms with E-state index in [1.54, 1.807) is 0 Å². The standard InChI is InChI=1S/C23H26N4O/c1-16(9-10-19-7-5-4-6-8-19)24-22(28)20-11-13-21(14-12-20)27-23-25-17(2)15-18(3)26-23/h4-8,11-16H,9-10H2,1-3H3,(H,24,28)(H,25,26,27). The number of nitrogens with zero attached hydrogens (tertiary/aromatic N) is 2. The number of hydrogen-bond acceptors (Lipinski definition) is 4. The van der Waals surface area contributed by atoms with Crippen LogP contribution >= 0.6 is 0 Å². The summed E-state index contributed by atoms with van der Waals surface area (Å²) < 4.78 is 0. The van der Waals surface area contributed by atoms with E-state index in [1.807, 2.05) is 69.3 Å². The lowest BCUT2D eigenvalue weighted by atomic mass is 10.1. The molecular formula is C23H26N4O. The van der Waals surface area contributed by atoms with Gasteiger partial charge in [-0.2, -0.15) is 0 Å². The molecule has 0 radical (unpaired) electrons. The van der Waals surface area contributed by atoms with Crippen LogP contribution in [0.25, 0.3) is 0 Å². The predicted molar refractivity (Wildman–Crippen MR) is 113 cm³/mol. The second kappa shape index (κ2) is 9.13. The van der Waals surface area contributed by atoms with Gasteiger partial charge in [-0.1, -0.05) is 30.3 Å². The fourth-order valence-electron chi connectivity index (χ4n) is 3.02. The fourth-order valence-corrected chi connectivity index (χ4v) is 3.02. The molecule has 1 atom stereocenters. The van der Waals surface area contributed by atoms with Crippen molar-refractivity contribution in [3.05, 3.63) is 83.2 Å². The van der Waals surface area contributed by atoms with E-state index >= 15 is 0 Å². The van der Waals surface area contributed by atoms with Crippen molar-refractivity contribution in [3.63, 3.8) is 0 Å². The fraction of sp³-hybridized carbons (Fsp3) is 0.261. The van der Waals surface area contributed by atoms with Gasteiger partial charge in [0.2, 0.25) is 5.95 Å². The average Bonchev–Trinajstić information content (AvgIpc) is 2.67. The third-order valence-electron chi connectivity index (χ3n) is 4.47. The highest BCUT2D eigenvalue weighted by Crippen LogP contribution is 2.15. The summed E-state index contributed by atoms with van der Waals surface area (Å²) in [6.45, 7) is 5.91. The number of amides is 1. The summed E-state index contributed by atoms with van der Waals surface area (Å²) >= 11 is 0. The van der Waals surface area contributed by atoms with E-state index in [0.717, 1.165) is 29.9 Å². The molecule has 1 unspecified atom stereocenters. The summed E-state index contributed by atoms with van der Waals surface area (Å²) in [6.07, 6.45) is 1.85. The topological polar surface area (TPSA) is 66.9 Å².